The number of ether oxygens (including phenoxy) is 2. The summed E-state index contributed by atoms with van der Waals surface area (Å²) >= 11 is 0. The number of hydrogen-bond acceptors (Lipinski definition) is 8. The Hall–Kier alpha value is -1.51. The van der Waals surface area contributed by atoms with Crippen LogP contribution in [-0.4, -0.2) is 70.0 Å². The molecule has 0 bridgehead atoms. The molecule has 0 saturated heterocycles. The molecule has 0 radical (unpaired) electrons. The second kappa shape index (κ2) is 43.7. The third-order valence-electron chi connectivity index (χ3n) is 11.2. The van der Waals surface area contributed by atoms with Gasteiger partial charge in [-0.25, -0.2) is 0 Å². The number of hydrogen-bond donors (Lipinski definition) is 0. The maximum absolute atomic E-state index is 12.7. The van der Waals surface area contributed by atoms with E-state index in [1.54, 1.807) is 0 Å². The highest BCUT2D eigenvalue weighted by Gasteiger charge is 2.21. The molecule has 61 heavy (non-hydrogen) atoms. The predicted octanol–water partition coefficient (Wildman–Crippen LogP) is 14.5. The first-order chi connectivity index (χ1) is 29.5. The van der Waals surface area contributed by atoms with Crippen molar-refractivity contribution >= 4 is 19.8 Å². The molecule has 0 aromatic carbocycles. The van der Waals surface area contributed by atoms with Gasteiger partial charge in [0.2, 0.25) is 0 Å². The monoisotopic (exact) mass is 884 g/mol. The fourth-order valence-corrected chi connectivity index (χ4v) is 7.94. The molecule has 0 fully saturated rings. The van der Waals surface area contributed by atoms with Crippen molar-refractivity contribution in [2.45, 2.75) is 245 Å². The first-order valence-electron chi connectivity index (χ1n) is 25.5. The van der Waals surface area contributed by atoms with Crippen LogP contribution in [0.3, 0.4) is 0 Å². The van der Waals surface area contributed by atoms with Crippen LogP contribution in [0, 0.1) is 0 Å². The number of esters is 2. The van der Waals surface area contributed by atoms with Gasteiger partial charge in [0, 0.05) is 12.8 Å². The van der Waals surface area contributed by atoms with Crippen LogP contribution in [0.2, 0.25) is 0 Å². The fourth-order valence-electron chi connectivity index (χ4n) is 7.22. The average molecular weight is 884 g/mol. The van der Waals surface area contributed by atoms with E-state index in [-0.39, 0.29) is 32.0 Å². The Morgan fingerprint density at radius 1 is 0.508 bits per heavy atom. The van der Waals surface area contributed by atoms with Gasteiger partial charge in [-0.3, -0.25) is 14.2 Å². The maximum Gasteiger partial charge on any atom is 0.306 e. The molecule has 0 aliphatic rings. The first kappa shape index (κ1) is 59.5. The lowest BCUT2D eigenvalue weighted by Crippen LogP contribution is -2.37. The number of likely N-dealkylation sites (N-methyl/N-ethyl adjacent to an activating group) is 1. The molecule has 0 saturated carbocycles. The van der Waals surface area contributed by atoms with Crippen LogP contribution in [0.4, 0.5) is 0 Å². The number of phosphoric acid groups is 1. The molecule has 2 atom stereocenters. The van der Waals surface area contributed by atoms with E-state index in [9.17, 15) is 19.0 Å². The topological polar surface area (TPSA) is 111 Å². The van der Waals surface area contributed by atoms with Gasteiger partial charge in [0.1, 0.15) is 19.8 Å². The third kappa shape index (κ3) is 47.8. The lowest BCUT2D eigenvalue weighted by Gasteiger charge is -2.28. The van der Waals surface area contributed by atoms with Crippen LogP contribution in [0.15, 0.2) is 24.3 Å². The van der Waals surface area contributed by atoms with Gasteiger partial charge in [0.15, 0.2) is 6.10 Å². The van der Waals surface area contributed by atoms with E-state index in [2.05, 4.69) is 38.2 Å². The van der Waals surface area contributed by atoms with E-state index in [1.807, 2.05) is 21.1 Å². The fraction of sp³-hybridized carbons (Fsp3) is 0.882. The Morgan fingerprint density at radius 3 is 1.33 bits per heavy atom. The summed E-state index contributed by atoms with van der Waals surface area (Å²) in [7, 11) is 1.17. The lowest BCUT2D eigenvalue weighted by molar-refractivity contribution is -0.870. The van der Waals surface area contributed by atoms with Gasteiger partial charge < -0.3 is 27.9 Å². The highest BCUT2D eigenvalue weighted by Crippen LogP contribution is 2.38. The molecule has 0 spiro atoms. The van der Waals surface area contributed by atoms with E-state index in [0.29, 0.717) is 17.4 Å². The summed E-state index contributed by atoms with van der Waals surface area (Å²) in [6.45, 7) is 4.23. The van der Waals surface area contributed by atoms with Gasteiger partial charge in [-0.05, 0) is 44.9 Å². The number of carbonyl (C=O) groups is 2. The smallest absolute Gasteiger partial charge is 0.306 e. The highest BCUT2D eigenvalue weighted by atomic mass is 31.2. The summed E-state index contributed by atoms with van der Waals surface area (Å²) < 4.78 is 34.0. The third-order valence-corrected chi connectivity index (χ3v) is 12.2. The zero-order chi connectivity index (χ0) is 45.0. The van der Waals surface area contributed by atoms with Gasteiger partial charge in [-0.15, -0.1) is 0 Å². The Morgan fingerprint density at radius 2 is 0.885 bits per heavy atom. The van der Waals surface area contributed by atoms with Crippen LogP contribution >= 0.6 is 7.82 Å². The molecule has 0 amide bonds. The maximum atomic E-state index is 12.7. The standard InChI is InChI=1S/C51H98NO8P/c1-6-8-10-12-14-16-18-20-22-24-25-26-28-29-31-33-35-37-39-41-43-50(53)57-47-49(48-59-61(55,56)58-46-45-52(3,4)5)60-51(54)44-42-40-38-36-34-32-30-27-23-21-19-17-15-13-11-9-7-2/h15,17,21,23,49H,6-14,16,18-20,22,24-48H2,1-5H3/b17-15-,23-21-. The summed E-state index contributed by atoms with van der Waals surface area (Å²) in [6.07, 6.45) is 49.2. The molecular formula is C51H98NO8P. The summed E-state index contributed by atoms with van der Waals surface area (Å²) in [5.74, 6) is -0.831. The second-order valence-corrected chi connectivity index (χ2v) is 20.0. The summed E-state index contributed by atoms with van der Waals surface area (Å²) in [6, 6.07) is 0. The average Bonchev–Trinajstić information content (AvgIpc) is 3.21. The number of phosphoric ester groups is 1. The van der Waals surface area contributed by atoms with E-state index < -0.39 is 26.5 Å². The molecule has 0 aromatic rings. The number of nitrogens with zero attached hydrogens (tertiary/aromatic N) is 1. The van der Waals surface area contributed by atoms with Gasteiger partial charge in [-0.2, -0.15) is 0 Å². The SMILES string of the molecule is CCCCC/C=C\C/C=C\CCCCCCCCCC(=O)OC(COC(=O)CCCCCCCCCCCCCCCCCCCCCC)COP(=O)([O-])OCC[N+](C)(C)C. The quantitative estimate of drug-likeness (QED) is 0.0195. The van der Waals surface area contributed by atoms with Crippen molar-refractivity contribution in [3.8, 4) is 0 Å². The Kier molecular flexibility index (Phi) is 42.6. The van der Waals surface area contributed by atoms with E-state index in [0.717, 1.165) is 51.4 Å². The molecular weight excluding hydrogens is 786 g/mol. The van der Waals surface area contributed by atoms with Crippen molar-refractivity contribution < 1.29 is 42.1 Å². The number of allylic oxidation sites excluding steroid dienone is 4. The van der Waals surface area contributed by atoms with Crippen molar-refractivity contribution in [2.24, 2.45) is 0 Å². The normalized spacial score (nSPS) is 13.6. The zero-order valence-electron chi connectivity index (χ0n) is 40.6. The first-order valence-corrected chi connectivity index (χ1v) is 27.0. The summed E-state index contributed by atoms with van der Waals surface area (Å²) in [4.78, 5) is 37.7. The Balaban J connectivity index is 4.23. The Bertz CT molecular complexity index is 1090. The minimum absolute atomic E-state index is 0.0304. The van der Waals surface area contributed by atoms with Gasteiger partial charge >= 0.3 is 11.9 Å². The van der Waals surface area contributed by atoms with Crippen molar-refractivity contribution in [3.05, 3.63) is 24.3 Å². The molecule has 0 rings (SSSR count). The van der Waals surface area contributed by atoms with E-state index in [4.69, 9.17) is 18.5 Å². The van der Waals surface area contributed by atoms with Gasteiger partial charge in [0.25, 0.3) is 7.82 Å². The van der Waals surface area contributed by atoms with Crippen molar-refractivity contribution in [2.75, 3.05) is 47.5 Å². The lowest BCUT2D eigenvalue weighted by atomic mass is 10.0. The minimum Gasteiger partial charge on any atom is -0.756 e. The van der Waals surface area contributed by atoms with E-state index >= 15 is 0 Å². The number of unbranched alkanes of at least 4 members (excludes halogenated alkanes) is 29. The van der Waals surface area contributed by atoms with Gasteiger partial charge in [0.05, 0.1) is 27.7 Å². The van der Waals surface area contributed by atoms with E-state index in [1.165, 1.54) is 154 Å². The van der Waals surface area contributed by atoms with Crippen LogP contribution < -0.4 is 4.89 Å². The van der Waals surface area contributed by atoms with Crippen LogP contribution in [0.5, 0.6) is 0 Å². The minimum atomic E-state index is -4.63. The molecule has 360 valence electrons. The molecule has 0 aromatic heterocycles. The van der Waals surface area contributed by atoms with Crippen molar-refractivity contribution in [1.29, 1.82) is 0 Å². The second-order valence-electron chi connectivity index (χ2n) is 18.5. The number of quaternary nitrogens is 1. The molecule has 0 N–H and O–H groups in total. The van der Waals surface area contributed by atoms with Gasteiger partial charge in [-0.1, -0.05) is 205 Å². The summed E-state index contributed by atoms with van der Waals surface area (Å²) in [5, 5.41) is 0. The molecule has 0 aliphatic carbocycles. The molecule has 9 nitrogen and oxygen atoms in total. The number of rotatable bonds is 47. The van der Waals surface area contributed by atoms with Crippen LogP contribution in [-0.2, 0) is 32.7 Å². The summed E-state index contributed by atoms with van der Waals surface area (Å²) in [5.41, 5.74) is 0. The van der Waals surface area contributed by atoms with Crippen molar-refractivity contribution in [1.82, 2.24) is 0 Å². The molecule has 0 heterocycles. The molecule has 0 aliphatic heterocycles. The molecule has 10 heteroatoms. The Labute approximate surface area is 377 Å². The molecule has 2 unspecified atom stereocenters. The predicted molar refractivity (Wildman–Crippen MR) is 254 cm³/mol. The number of carbonyl (C=O) groups excluding carboxylic acids is 2. The van der Waals surface area contributed by atoms with Crippen molar-refractivity contribution in [3.63, 3.8) is 0 Å². The van der Waals surface area contributed by atoms with Crippen LogP contribution in [0.1, 0.15) is 239 Å². The van der Waals surface area contributed by atoms with Crippen LogP contribution in [0.25, 0.3) is 0 Å². The zero-order valence-corrected chi connectivity index (χ0v) is 41.5. The largest absolute Gasteiger partial charge is 0.756 e. The highest BCUT2D eigenvalue weighted by molar-refractivity contribution is 7.45.